The van der Waals surface area contributed by atoms with Crippen molar-refractivity contribution in [2.45, 2.75) is 26.9 Å². The fourth-order valence-corrected chi connectivity index (χ4v) is 2.28. The fourth-order valence-electron chi connectivity index (χ4n) is 2.28. The smallest absolute Gasteiger partial charge is 0.335 e. The average molecular weight is 328 g/mol. The van der Waals surface area contributed by atoms with Crippen LogP contribution in [0, 0.1) is 5.41 Å². The van der Waals surface area contributed by atoms with Crippen LogP contribution in [0.1, 0.15) is 29.8 Å². The number of carboxylic acid groups (broad SMARTS) is 1. The maximum atomic E-state index is 12.4. The van der Waals surface area contributed by atoms with Gasteiger partial charge in [0, 0.05) is 25.4 Å². The van der Waals surface area contributed by atoms with E-state index in [1.54, 1.807) is 44.3 Å². The van der Waals surface area contributed by atoms with Gasteiger partial charge < -0.3 is 15.0 Å². The van der Waals surface area contributed by atoms with Gasteiger partial charge in [0.25, 0.3) is 5.56 Å². The van der Waals surface area contributed by atoms with Crippen LogP contribution in [0.15, 0.2) is 53.5 Å². The van der Waals surface area contributed by atoms with Crippen molar-refractivity contribution in [2.24, 2.45) is 5.41 Å². The lowest BCUT2D eigenvalue weighted by atomic mass is 9.92. The monoisotopic (exact) mass is 328 g/mol. The first-order valence-electron chi connectivity index (χ1n) is 7.55. The van der Waals surface area contributed by atoms with Gasteiger partial charge in [-0.1, -0.05) is 18.2 Å². The number of nitrogens with zero attached hydrogens (tertiary/aromatic N) is 1. The number of carbonyl (C=O) groups is 2. The molecule has 0 aliphatic heterocycles. The average Bonchev–Trinajstić information content (AvgIpc) is 2.55. The first kappa shape index (κ1) is 17.5. The van der Waals surface area contributed by atoms with E-state index in [4.69, 9.17) is 5.11 Å². The number of hydrogen-bond acceptors (Lipinski definition) is 3. The Hall–Kier alpha value is -2.89. The molecule has 126 valence electrons. The summed E-state index contributed by atoms with van der Waals surface area (Å²) in [7, 11) is 0. The Morgan fingerprint density at radius 1 is 1.12 bits per heavy atom. The molecule has 2 N–H and O–H groups in total. The van der Waals surface area contributed by atoms with E-state index in [1.165, 1.54) is 22.8 Å². The van der Waals surface area contributed by atoms with E-state index in [-0.39, 0.29) is 23.6 Å². The van der Waals surface area contributed by atoms with E-state index >= 15 is 0 Å². The Morgan fingerprint density at radius 3 is 2.38 bits per heavy atom. The van der Waals surface area contributed by atoms with Crippen molar-refractivity contribution in [2.75, 3.05) is 0 Å². The zero-order valence-electron chi connectivity index (χ0n) is 13.7. The fraction of sp³-hybridized carbons (Fsp3) is 0.278. The Balaban J connectivity index is 1.99. The van der Waals surface area contributed by atoms with Crippen molar-refractivity contribution >= 4 is 11.9 Å². The number of amides is 1. The molecule has 1 amide bonds. The number of carboxylic acids is 1. The molecule has 2 aromatic rings. The second kappa shape index (κ2) is 7.12. The highest BCUT2D eigenvalue weighted by molar-refractivity contribution is 5.87. The number of carbonyl (C=O) groups excluding carboxylic acids is 1. The van der Waals surface area contributed by atoms with Gasteiger partial charge in [-0.3, -0.25) is 9.59 Å². The number of rotatable bonds is 6. The van der Waals surface area contributed by atoms with Crippen molar-refractivity contribution < 1.29 is 14.7 Å². The molecule has 0 bridgehead atoms. The van der Waals surface area contributed by atoms with Crippen LogP contribution >= 0.6 is 0 Å². The van der Waals surface area contributed by atoms with Crippen molar-refractivity contribution in [3.05, 3.63) is 70.1 Å². The number of hydrogen-bond donors (Lipinski definition) is 2. The van der Waals surface area contributed by atoms with Crippen LogP contribution in [0.25, 0.3) is 0 Å². The molecule has 24 heavy (non-hydrogen) atoms. The molecular weight excluding hydrogens is 308 g/mol. The van der Waals surface area contributed by atoms with Gasteiger partial charge in [0.2, 0.25) is 5.91 Å². The summed E-state index contributed by atoms with van der Waals surface area (Å²) in [5.41, 5.74) is 0.101. The van der Waals surface area contributed by atoms with E-state index in [9.17, 15) is 14.4 Å². The number of aromatic carboxylic acids is 1. The quantitative estimate of drug-likeness (QED) is 0.847. The second-order valence-electron chi connectivity index (χ2n) is 6.24. The largest absolute Gasteiger partial charge is 0.478 e. The second-order valence-corrected chi connectivity index (χ2v) is 6.24. The highest BCUT2D eigenvalue weighted by Crippen LogP contribution is 2.18. The molecule has 0 aliphatic rings. The molecule has 6 heteroatoms. The highest BCUT2D eigenvalue weighted by atomic mass is 16.4. The summed E-state index contributed by atoms with van der Waals surface area (Å²) in [5, 5.41) is 11.7. The number of nitrogens with one attached hydrogen (secondary N) is 1. The molecule has 0 fully saturated rings. The van der Waals surface area contributed by atoms with Gasteiger partial charge in [-0.25, -0.2) is 4.79 Å². The molecule has 0 atom stereocenters. The standard InChI is InChI=1S/C18H20N2O4/c1-18(2,12-20-10-4-3-5-15(20)21)17(24)19-11-13-6-8-14(9-7-13)16(22)23/h3-10H,11-12H2,1-2H3,(H,19,24)(H,22,23). The maximum absolute atomic E-state index is 12.4. The SMILES string of the molecule is CC(C)(Cn1ccccc1=O)C(=O)NCc1ccc(C(=O)O)cc1. The minimum atomic E-state index is -0.986. The van der Waals surface area contributed by atoms with Crippen LogP contribution in [0.5, 0.6) is 0 Å². The lowest BCUT2D eigenvalue weighted by Crippen LogP contribution is -2.41. The van der Waals surface area contributed by atoms with E-state index in [0.717, 1.165) is 5.56 Å². The molecular formula is C18H20N2O4. The van der Waals surface area contributed by atoms with Crippen molar-refractivity contribution in [1.29, 1.82) is 0 Å². The molecule has 0 saturated carbocycles. The normalized spacial score (nSPS) is 11.1. The van der Waals surface area contributed by atoms with Gasteiger partial charge in [-0.15, -0.1) is 0 Å². The maximum Gasteiger partial charge on any atom is 0.335 e. The molecule has 1 heterocycles. The first-order valence-corrected chi connectivity index (χ1v) is 7.55. The zero-order valence-corrected chi connectivity index (χ0v) is 13.7. The number of aromatic nitrogens is 1. The van der Waals surface area contributed by atoms with E-state index < -0.39 is 11.4 Å². The molecule has 1 aromatic heterocycles. The number of pyridine rings is 1. The van der Waals surface area contributed by atoms with Crippen LogP contribution in [0.3, 0.4) is 0 Å². The van der Waals surface area contributed by atoms with Crippen LogP contribution in [0.4, 0.5) is 0 Å². The Kier molecular flexibility index (Phi) is 5.18. The van der Waals surface area contributed by atoms with Crippen LogP contribution in [0.2, 0.25) is 0 Å². The molecule has 0 radical (unpaired) electrons. The van der Waals surface area contributed by atoms with Gasteiger partial charge >= 0.3 is 5.97 Å². The Labute approximate surface area is 139 Å². The van der Waals surface area contributed by atoms with Gasteiger partial charge in [-0.2, -0.15) is 0 Å². The van der Waals surface area contributed by atoms with Crippen molar-refractivity contribution in [3.8, 4) is 0 Å². The van der Waals surface area contributed by atoms with Gasteiger partial charge in [0.15, 0.2) is 0 Å². The molecule has 0 unspecified atom stereocenters. The van der Waals surface area contributed by atoms with E-state index in [2.05, 4.69) is 5.32 Å². The molecule has 0 aliphatic carbocycles. The van der Waals surface area contributed by atoms with Crippen molar-refractivity contribution in [1.82, 2.24) is 9.88 Å². The van der Waals surface area contributed by atoms with Crippen molar-refractivity contribution in [3.63, 3.8) is 0 Å². The summed E-state index contributed by atoms with van der Waals surface area (Å²) in [5.74, 6) is -1.17. The molecule has 0 spiro atoms. The molecule has 2 rings (SSSR count). The summed E-state index contributed by atoms with van der Waals surface area (Å²) in [6.07, 6.45) is 1.65. The Bertz CT molecular complexity index is 791. The summed E-state index contributed by atoms with van der Waals surface area (Å²) >= 11 is 0. The highest BCUT2D eigenvalue weighted by Gasteiger charge is 2.28. The third-order valence-corrected chi connectivity index (χ3v) is 3.73. The van der Waals surface area contributed by atoms with Gasteiger partial charge in [0.1, 0.15) is 0 Å². The van der Waals surface area contributed by atoms with Crippen LogP contribution < -0.4 is 10.9 Å². The predicted octanol–water partition coefficient (Wildman–Crippen LogP) is 1.89. The molecule has 0 saturated heterocycles. The summed E-state index contributed by atoms with van der Waals surface area (Å²) in [6, 6.07) is 11.2. The summed E-state index contributed by atoms with van der Waals surface area (Å²) < 4.78 is 1.50. The predicted molar refractivity (Wildman–Crippen MR) is 89.7 cm³/mol. The third-order valence-electron chi connectivity index (χ3n) is 3.73. The van der Waals surface area contributed by atoms with Gasteiger partial charge in [0.05, 0.1) is 11.0 Å². The number of benzene rings is 1. The molecule has 6 nitrogen and oxygen atoms in total. The Morgan fingerprint density at radius 2 is 1.79 bits per heavy atom. The van der Waals surface area contributed by atoms with Crippen LogP contribution in [-0.4, -0.2) is 21.6 Å². The van der Waals surface area contributed by atoms with Crippen LogP contribution in [-0.2, 0) is 17.9 Å². The minimum absolute atomic E-state index is 0.150. The summed E-state index contributed by atoms with van der Waals surface area (Å²) in [4.78, 5) is 35.0. The van der Waals surface area contributed by atoms with Gasteiger partial charge in [-0.05, 0) is 37.6 Å². The molecule has 1 aromatic carbocycles. The zero-order chi connectivity index (χ0) is 17.7. The van der Waals surface area contributed by atoms with E-state index in [0.29, 0.717) is 6.54 Å². The summed E-state index contributed by atoms with van der Waals surface area (Å²) in [6.45, 7) is 4.12. The lowest BCUT2D eigenvalue weighted by molar-refractivity contribution is -0.130. The lowest BCUT2D eigenvalue weighted by Gasteiger charge is -2.24. The minimum Gasteiger partial charge on any atom is -0.478 e. The van der Waals surface area contributed by atoms with E-state index in [1.807, 2.05) is 0 Å². The third kappa shape index (κ3) is 4.32. The first-order chi connectivity index (χ1) is 11.3. The topological polar surface area (TPSA) is 88.4 Å².